The first-order valence-electron chi connectivity index (χ1n) is 5.46. The Labute approximate surface area is 86.8 Å². The van der Waals surface area contributed by atoms with Gasteiger partial charge in [0, 0.05) is 18.5 Å². The van der Waals surface area contributed by atoms with Crippen molar-refractivity contribution in [3.63, 3.8) is 0 Å². The first kappa shape index (κ1) is 9.63. The second kappa shape index (κ2) is 2.56. The predicted molar refractivity (Wildman–Crippen MR) is 50.8 cm³/mol. The molecule has 2 unspecified atom stereocenters. The van der Waals surface area contributed by atoms with Crippen LogP contribution in [0.5, 0.6) is 0 Å². The van der Waals surface area contributed by atoms with E-state index in [9.17, 15) is 13.7 Å². The lowest BCUT2D eigenvalue weighted by molar-refractivity contribution is 0.0657. The van der Waals surface area contributed by atoms with Crippen LogP contribution in [0.1, 0.15) is 25.7 Å². The van der Waals surface area contributed by atoms with Gasteiger partial charge in [-0.05, 0) is 25.8 Å². The van der Waals surface area contributed by atoms with Crippen molar-refractivity contribution >= 4 is 0 Å². The molecule has 84 valence electrons. The summed E-state index contributed by atoms with van der Waals surface area (Å²) in [5, 5.41) is 2.96. The van der Waals surface area contributed by atoms with Crippen LogP contribution in [0.25, 0.3) is 0 Å². The molecular formula is C10H14F2N2O. The lowest BCUT2D eigenvalue weighted by Gasteiger charge is -2.28. The van der Waals surface area contributed by atoms with E-state index in [1.807, 2.05) is 0 Å². The first-order valence-corrected chi connectivity index (χ1v) is 5.46. The molecule has 3 aliphatic rings. The average molecular weight is 216 g/mol. The zero-order valence-corrected chi connectivity index (χ0v) is 8.51. The highest BCUT2D eigenvalue weighted by Crippen LogP contribution is 2.69. The van der Waals surface area contributed by atoms with Crippen LogP contribution < -0.4 is 0 Å². The van der Waals surface area contributed by atoms with Crippen LogP contribution in [0.4, 0.5) is 8.78 Å². The molecule has 15 heavy (non-hydrogen) atoms. The number of nitroso groups, excluding NO2 is 1. The summed E-state index contributed by atoms with van der Waals surface area (Å²) < 4.78 is 26.5. The van der Waals surface area contributed by atoms with Gasteiger partial charge >= 0.3 is 0 Å². The number of hydrogen-bond acceptors (Lipinski definition) is 3. The molecule has 0 amide bonds. The Morgan fingerprint density at radius 1 is 1.33 bits per heavy atom. The molecule has 2 aliphatic heterocycles. The van der Waals surface area contributed by atoms with Gasteiger partial charge in [0.25, 0.3) is 5.92 Å². The summed E-state index contributed by atoms with van der Waals surface area (Å²) in [6.07, 6.45) is 2.35. The minimum atomic E-state index is -2.49. The quantitative estimate of drug-likeness (QED) is 0.661. The molecule has 2 heterocycles. The third-order valence-electron chi connectivity index (χ3n) is 4.47. The van der Waals surface area contributed by atoms with Crippen molar-refractivity contribution < 1.29 is 8.78 Å². The van der Waals surface area contributed by atoms with Gasteiger partial charge in [-0.1, -0.05) is 5.18 Å². The van der Waals surface area contributed by atoms with E-state index in [-0.39, 0.29) is 18.5 Å². The standard InChI is InChI=1S/C10H14F2N2O/c11-10(12)5-8(10)4-9(6-13-15)2-1-3-14(9)7-8/h1-7H2. The van der Waals surface area contributed by atoms with E-state index in [0.717, 1.165) is 19.4 Å². The van der Waals surface area contributed by atoms with Gasteiger partial charge in [0.2, 0.25) is 0 Å². The van der Waals surface area contributed by atoms with Crippen molar-refractivity contribution in [3.8, 4) is 0 Å². The van der Waals surface area contributed by atoms with E-state index < -0.39 is 11.3 Å². The molecule has 2 saturated heterocycles. The van der Waals surface area contributed by atoms with Crippen LogP contribution in [0.2, 0.25) is 0 Å². The number of fused-ring (bicyclic) bond motifs is 1. The maximum Gasteiger partial charge on any atom is 0.255 e. The van der Waals surface area contributed by atoms with Crippen LogP contribution in [0.15, 0.2) is 5.18 Å². The van der Waals surface area contributed by atoms with Crippen molar-refractivity contribution in [2.24, 2.45) is 10.6 Å². The minimum absolute atomic E-state index is 0.0110. The molecule has 5 heteroatoms. The number of alkyl halides is 2. The third kappa shape index (κ3) is 1.07. The third-order valence-corrected chi connectivity index (χ3v) is 4.47. The fourth-order valence-corrected chi connectivity index (χ4v) is 3.59. The number of halogens is 2. The van der Waals surface area contributed by atoms with Gasteiger partial charge in [-0.15, -0.1) is 0 Å². The first-order chi connectivity index (χ1) is 7.04. The zero-order valence-electron chi connectivity index (χ0n) is 8.51. The SMILES string of the molecule is O=NCC12CCCN1CC1(C2)CC1(F)F. The minimum Gasteiger partial charge on any atom is -0.295 e. The van der Waals surface area contributed by atoms with Crippen LogP contribution in [0.3, 0.4) is 0 Å². The van der Waals surface area contributed by atoms with Crippen molar-refractivity contribution in [1.82, 2.24) is 4.90 Å². The Kier molecular flexibility index (Phi) is 1.65. The van der Waals surface area contributed by atoms with Gasteiger partial charge < -0.3 is 0 Å². The molecule has 0 aromatic rings. The molecule has 1 saturated carbocycles. The fraction of sp³-hybridized carbons (Fsp3) is 1.00. The predicted octanol–water partition coefficient (Wildman–Crippen LogP) is 2.02. The summed E-state index contributed by atoms with van der Waals surface area (Å²) in [4.78, 5) is 12.5. The molecule has 0 aromatic heterocycles. The van der Waals surface area contributed by atoms with Crippen LogP contribution >= 0.6 is 0 Å². The molecular weight excluding hydrogens is 202 g/mol. The highest BCUT2D eigenvalue weighted by atomic mass is 19.3. The van der Waals surface area contributed by atoms with Crippen molar-refractivity contribution in [1.29, 1.82) is 0 Å². The van der Waals surface area contributed by atoms with E-state index in [4.69, 9.17) is 0 Å². The Hall–Kier alpha value is -0.580. The van der Waals surface area contributed by atoms with Gasteiger partial charge in [0.1, 0.15) is 0 Å². The maximum atomic E-state index is 13.3. The van der Waals surface area contributed by atoms with Crippen LogP contribution in [0, 0.1) is 10.3 Å². The highest BCUT2D eigenvalue weighted by Gasteiger charge is 2.77. The van der Waals surface area contributed by atoms with Crippen molar-refractivity contribution in [3.05, 3.63) is 4.91 Å². The number of nitrogens with zero attached hydrogens (tertiary/aromatic N) is 2. The second-order valence-corrected chi connectivity index (χ2v) is 5.37. The molecule has 2 atom stereocenters. The zero-order chi connectivity index (χ0) is 10.7. The van der Waals surface area contributed by atoms with Gasteiger partial charge in [-0.25, -0.2) is 8.78 Å². The molecule has 1 spiro atoms. The summed E-state index contributed by atoms with van der Waals surface area (Å²) in [6, 6.07) is 0. The van der Waals surface area contributed by atoms with E-state index in [1.165, 1.54) is 0 Å². The summed E-state index contributed by atoms with van der Waals surface area (Å²) in [7, 11) is 0. The monoisotopic (exact) mass is 216 g/mol. The van der Waals surface area contributed by atoms with Gasteiger partial charge in [0.15, 0.2) is 0 Å². The van der Waals surface area contributed by atoms with Crippen molar-refractivity contribution in [2.75, 3.05) is 19.6 Å². The molecule has 1 aliphatic carbocycles. The van der Waals surface area contributed by atoms with Gasteiger partial charge in [0.05, 0.1) is 12.0 Å². The van der Waals surface area contributed by atoms with Gasteiger partial charge in [-0.2, -0.15) is 4.91 Å². The Bertz CT molecular complexity index is 323. The number of rotatable bonds is 2. The molecule has 0 N–H and O–H groups in total. The summed E-state index contributed by atoms with van der Waals surface area (Å²) in [5.41, 5.74) is -1.13. The highest BCUT2D eigenvalue weighted by molar-refractivity contribution is 5.22. The maximum absolute atomic E-state index is 13.3. The summed E-state index contributed by atoms with van der Waals surface area (Å²) in [6.45, 7) is 1.51. The molecule has 3 fully saturated rings. The molecule has 3 rings (SSSR count). The van der Waals surface area contributed by atoms with Crippen LogP contribution in [-0.2, 0) is 0 Å². The van der Waals surface area contributed by atoms with E-state index in [0.29, 0.717) is 13.0 Å². The normalized spacial score (nSPS) is 47.1. The smallest absolute Gasteiger partial charge is 0.255 e. The molecule has 0 radical (unpaired) electrons. The molecule has 0 bridgehead atoms. The second-order valence-electron chi connectivity index (χ2n) is 5.37. The topological polar surface area (TPSA) is 32.7 Å². The lowest BCUT2D eigenvalue weighted by Crippen LogP contribution is -2.40. The molecule has 3 nitrogen and oxygen atoms in total. The van der Waals surface area contributed by atoms with E-state index >= 15 is 0 Å². The Morgan fingerprint density at radius 3 is 2.67 bits per heavy atom. The van der Waals surface area contributed by atoms with Gasteiger partial charge in [-0.3, -0.25) is 4.90 Å². The van der Waals surface area contributed by atoms with Crippen molar-refractivity contribution in [2.45, 2.75) is 37.1 Å². The Balaban J connectivity index is 1.86. The summed E-state index contributed by atoms with van der Waals surface area (Å²) in [5.74, 6) is -2.49. The number of hydrogen-bond donors (Lipinski definition) is 0. The fourth-order valence-electron chi connectivity index (χ4n) is 3.59. The van der Waals surface area contributed by atoms with E-state index in [1.54, 1.807) is 0 Å². The Morgan fingerprint density at radius 2 is 2.07 bits per heavy atom. The van der Waals surface area contributed by atoms with E-state index in [2.05, 4.69) is 10.1 Å². The molecule has 0 aromatic carbocycles. The average Bonchev–Trinajstić information content (AvgIpc) is 2.43. The van der Waals surface area contributed by atoms with Crippen LogP contribution in [-0.4, -0.2) is 36.0 Å². The lowest BCUT2D eigenvalue weighted by atomic mass is 9.88. The largest absolute Gasteiger partial charge is 0.295 e. The summed E-state index contributed by atoms with van der Waals surface area (Å²) >= 11 is 0.